The summed E-state index contributed by atoms with van der Waals surface area (Å²) in [6, 6.07) is 8.31. The number of rotatable bonds is 7. The van der Waals surface area contributed by atoms with Crippen molar-refractivity contribution in [2.75, 3.05) is 26.7 Å². The summed E-state index contributed by atoms with van der Waals surface area (Å²) in [7, 11) is 1.74. The number of methoxy groups -OCH3 is 1. The molecule has 2 aliphatic rings. The fourth-order valence-corrected chi connectivity index (χ4v) is 4.84. The molecule has 1 heterocycles. The number of para-hydroxylation sites is 1. The molecule has 1 aromatic carbocycles. The highest BCUT2D eigenvalue weighted by molar-refractivity contribution is 5.76. The van der Waals surface area contributed by atoms with E-state index < -0.39 is 0 Å². The van der Waals surface area contributed by atoms with Crippen molar-refractivity contribution in [2.45, 2.75) is 57.3 Å². The topological polar surface area (TPSA) is 50.4 Å². The van der Waals surface area contributed by atoms with E-state index in [4.69, 9.17) is 4.74 Å². The quantitative estimate of drug-likeness (QED) is 0.782. The summed E-state index contributed by atoms with van der Waals surface area (Å²) in [5, 5.41) is 6.73. The third-order valence-electron chi connectivity index (χ3n) is 6.51. The molecule has 2 unspecified atom stereocenters. The Labute approximate surface area is 158 Å². The summed E-state index contributed by atoms with van der Waals surface area (Å²) in [4.78, 5) is 12.6. The van der Waals surface area contributed by atoms with Crippen LogP contribution in [0.3, 0.4) is 0 Å². The molecule has 3 rings (SSSR count). The lowest BCUT2D eigenvalue weighted by Gasteiger charge is -2.32. The average molecular weight is 359 g/mol. The van der Waals surface area contributed by atoms with Crippen LogP contribution in [0.2, 0.25) is 0 Å². The van der Waals surface area contributed by atoms with Gasteiger partial charge in [0.2, 0.25) is 5.91 Å². The maximum atomic E-state index is 12.6. The van der Waals surface area contributed by atoms with Crippen molar-refractivity contribution in [1.82, 2.24) is 10.6 Å². The maximum Gasteiger partial charge on any atom is 0.220 e. The van der Waals surface area contributed by atoms with E-state index in [1.54, 1.807) is 7.11 Å². The molecule has 4 nitrogen and oxygen atoms in total. The first-order chi connectivity index (χ1) is 12.6. The van der Waals surface area contributed by atoms with Crippen molar-refractivity contribution >= 4 is 5.91 Å². The van der Waals surface area contributed by atoms with Crippen LogP contribution in [0.5, 0.6) is 5.75 Å². The number of benzene rings is 1. The Kier molecular flexibility index (Phi) is 6.58. The number of amides is 1. The van der Waals surface area contributed by atoms with Gasteiger partial charge in [0, 0.05) is 23.9 Å². The summed E-state index contributed by atoms with van der Waals surface area (Å²) in [6.07, 6.45) is 7.79. The molecule has 1 aliphatic carbocycles. The highest BCUT2D eigenvalue weighted by atomic mass is 16.5. The molecule has 0 aromatic heterocycles. The Morgan fingerprint density at radius 1 is 1.31 bits per heavy atom. The molecule has 0 bridgehead atoms. The molecule has 0 spiro atoms. The number of piperidine rings is 1. The molecule has 2 N–H and O–H groups in total. The van der Waals surface area contributed by atoms with Crippen LogP contribution in [0.15, 0.2) is 24.3 Å². The van der Waals surface area contributed by atoms with Crippen molar-refractivity contribution < 1.29 is 9.53 Å². The lowest BCUT2D eigenvalue weighted by Crippen LogP contribution is -2.41. The fraction of sp³-hybridized carbons (Fsp3) is 0.682. The van der Waals surface area contributed by atoms with Crippen LogP contribution in [0.25, 0.3) is 0 Å². The number of carbonyl (C=O) groups excluding carboxylic acids is 1. The standard InChI is InChI=1S/C22H34N2O2/c1-17(18-8-7-13-23-15-18)14-21(25)24-16-22(11-5-6-12-22)19-9-3-4-10-20(19)26-2/h3-4,9-10,17-18,23H,5-8,11-16H2,1-2H3,(H,24,25). The Morgan fingerprint density at radius 2 is 2.08 bits per heavy atom. The zero-order chi connectivity index (χ0) is 18.4. The van der Waals surface area contributed by atoms with Crippen LogP contribution in [0.4, 0.5) is 0 Å². The first-order valence-corrected chi connectivity index (χ1v) is 10.3. The predicted octanol–water partition coefficient (Wildman–Crippen LogP) is 3.65. The molecule has 144 valence electrons. The van der Waals surface area contributed by atoms with Crippen LogP contribution in [-0.4, -0.2) is 32.7 Å². The van der Waals surface area contributed by atoms with Crippen LogP contribution in [0.1, 0.15) is 57.4 Å². The Balaban J connectivity index is 1.61. The Morgan fingerprint density at radius 3 is 2.77 bits per heavy atom. The van der Waals surface area contributed by atoms with Crippen molar-refractivity contribution in [3.8, 4) is 5.75 Å². The van der Waals surface area contributed by atoms with Crippen molar-refractivity contribution in [1.29, 1.82) is 0 Å². The zero-order valence-corrected chi connectivity index (χ0v) is 16.4. The van der Waals surface area contributed by atoms with Gasteiger partial charge in [-0.25, -0.2) is 0 Å². The highest BCUT2D eigenvalue weighted by Gasteiger charge is 2.38. The van der Waals surface area contributed by atoms with E-state index in [0.29, 0.717) is 18.3 Å². The van der Waals surface area contributed by atoms with E-state index in [0.717, 1.165) is 38.2 Å². The SMILES string of the molecule is COc1ccccc1C1(CNC(=O)CC(C)C2CCCNC2)CCCC1. The van der Waals surface area contributed by atoms with E-state index in [1.165, 1.54) is 31.2 Å². The largest absolute Gasteiger partial charge is 0.496 e. The van der Waals surface area contributed by atoms with Crippen molar-refractivity contribution in [2.24, 2.45) is 11.8 Å². The van der Waals surface area contributed by atoms with Crippen LogP contribution >= 0.6 is 0 Å². The van der Waals surface area contributed by atoms with Gasteiger partial charge in [0.1, 0.15) is 5.75 Å². The van der Waals surface area contributed by atoms with E-state index in [2.05, 4.69) is 29.7 Å². The number of ether oxygens (including phenoxy) is 1. The zero-order valence-electron chi connectivity index (χ0n) is 16.4. The van der Waals surface area contributed by atoms with Gasteiger partial charge in [-0.15, -0.1) is 0 Å². The molecule has 0 radical (unpaired) electrons. The molecule has 1 saturated heterocycles. The molecular formula is C22H34N2O2. The lowest BCUT2D eigenvalue weighted by atomic mass is 9.78. The van der Waals surface area contributed by atoms with Gasteiger partial charge >= 0.3 is 0 Å². The van der Waals surface area contributed by atoms with Crippen molar-refractivity contribution in [3.63, 3.8) is 0 Å². The van der Waals surface area contributed by atoms with Crippen molar-refractivity contribution in [3.05, 3.63) is 29.8 Å². The smallest absolute Gasteiger partial charge is 0.220 e. The predicted molar refractivity (Wildman–Crippen MR) is 106 cm³/mol. The summed E-state index contributed by atoms with van der Waals surface area (Å²) in [6.45, 7) is 5.13. The van der Waals surface area contributed by atoms with Gasteiger partial charge in [-0.2, -0.15) is 0 Å². The van der Waals surface area contributed by atoms with Gasteiger partial charge in [-0.1, -0.05) is 38.0 Å². The molecule has 1 aliphatic heterocycles. The summed E-state index contributed by atoms with van der Waals surface area (Å²) in [5.41, 5.74) is 1.28. The molecule has 2 atom stereocenters. The van der Waals surface area contributed by atoms with Gasteiger partial charge < -0.3 is 15.4 Å². The molecule has 26 heavy (non-hydrogen) atoms. The third kappa shape index (κ3) is 4.40. The summed E-state index contributed by atoms with van der Waals surface area (Å²) < 4.78 is 5.61. The lowest BCUT2D eigenvalue weighted by molar-refractivity contribution is -0.122. The number of carbonyl (C=O) groups is 1. The number of hydrogen-bond donors (Lipinski definition) is 2. The minimum absolute atomic E-state index is 0.0257. The second-order valence-corrected chi connectivity index (χ2v) is 8.25. The molecule has 1 aromatic rings. The van der Waals surface area contributed by atoms with E-state index >= 15 is 0 Å². The molecular weight excluding hydrogens is 324 g/mol. The molecule has 1 saturated carbocycles. The maximum absolute atomic E-state index is 12.6. The van der Waals surface area contributed by atoms with Crippen LogP contribution in [0, 0.1) is 11.8 Å². The van der Waals surface area contributed by atoms with E-state index in [9.17, 15) is 4.79 Å². The van der Waals surface area contributed by atoms with Gasteiger partial charge in [0.05, 0.1) is 7.11 Å². The van der Waals surface area contributed by atoms with Crippen LogP contribution < -0.4 is 15.4 Å². The second-order valence-electron chi connectivity index (χ2n) is 8.25. The monoisotopic (exact) mass is 358 g/mol. The van der Waals surface area contributed by atoms with Gasteiger partial charge in [-0.3, -0.25) is 4.79 Å². The average Bonchev–Trinajstić information content (AvgIpc) is 3.17. The van der Waals surface area contributed by atoms with Gasteiger partial charge in [0.25, 0.3) is 0 Å². The first kappa shape index (κ1) is 19.2. The molecule has 4 heteroatoms. The third-order valence-corrected chi connectivity index (χ3v) is 6.51. The fourth-order valence-electron chi connectivity index (χ4n) is 4.84. The summed E-state index contributed by atoms with van der Waals surface area (Å²) in [5.74, 6) is 2.22. The van der Waals surface area contributed by atoms with E-state index in [1.807, 2.05) is 12.1 Å². The molecule has 2 fully saturated rings. The normalized spacial score (nSPS) is 23.4. The minimum atomic E-state index is 0.0257. The van der Waals surface area contributed by atoms with Gasteiger partial charge in [0.15, 0.2) is 0 Å². The van der Waals surface area contributed by atoms with E-state index in [-0.39, 0.29) is 11.3 Å². The van der Waals surface area contributed by atoms with Gasteiger partial charge in [-0.05, 0) is 56.7 Å². The second kappa shape index (κ2) is 8.90. The Bertz CT molecular complexity index is 590. The highest BCUT2D eigenvalue weighted by Crippen LogP contribution is 2.44. The Hall–Kier alpha value is -1.55. The molecule has 1 amide bonds. The van der Waals surface area contributed by atoms with Crippen LogP contribution in [-0.2, 0) is 10.2 Å². The number of nitrogens with one attached hydrogen (secondary N) is 2. The first-order valence-electron chi connectivity index (χ1n) is 10.3. The summed E-state index contributed by atoms with van der Waals surface area (Å²) >= 11 is 0. The minimum Gasteiger partial charge on any atom is -0.496 e. The number of hydrogen-bond acceptors (Lipinski definition) is 3.